The Morgan fingerprint density at radius 1 is 1.04 bits per heavy atom. The highest BCUT2D eigenvalue weighted by atomic mass is 32.2. The van der Waals surface area contributed by atoms with Crippen LogP contribution in [0.2, 0.25) is 0 Å². The van der Waals surface area contributed by atoms with Crippen LogP contribution in [0, 0.1) is 5.82 Å². The molecule has 0 saturated carbocycles. The first-order chi connectivity index (χ1) is 23.0. The molecule has 1 aromatic carbocycles. The molecule has 1 fully saturated rings. The number of aliphatic hydroxyl groups excluding tert-OH is 2. The van der Waals surface area contributed by atoms with Crippen LogP contribution in [0.1, 0.15) is 71.6 Å². The van der Waals surface area contributed by atoms with E-state index in [0.29, 0.717) is 41.6 Å². The second-order valence-electron chi connectivity index (χ2n) is 13.8. The summed E-state index contributed by atoms with van der Waals surface area (Å²) < 4.78 is 39.5. The Morgan fingerprint density at radius 2 is 1.71 bits per heavy atom. The first kappa shape index (κ1) is 38.5. The lowest BCUT2D eigenvalue weighted by Gasteiger charge is -2.46. The smallest absolute Gasteiger partial charge is 0.239 e. The van der Waals surface area contributed by atoms with Crippen molar-refractivity contribution < 1.29 is 27.8 Å². The number of aliphatic imine (C=N–C) groups is 1. The van der Waals surface area contributed by atoms with Gasteiger partial charge in [0.2, 0.25) is 21.9 Å². The van der Waals surface area contributed by atoms with Gasteiger partial charge in [0, 0.05) is 62.9 Å². The molecular formula is C35H52FN7O5S. The predicted octanol–water partition coefficient (Wildman–Crippen LogP) is 3.36. The molecule has 270 valence electrons. The van der Waals surface area contributed by atoms with Gasteiger partial charge < -0.3 is 10.2 Å². The Balaban J connectivity index is 1.52. The zero-order chi connectivity index (χ0) is 36.2. The van der Waals surface area contributed by atoms with Crippen molar-refractivity contribution in [1.29, 1.82) is 0 Å². The fourth-order valence-electron chi connectivity index (χ4n) is 6.29. The maximum Gasteiger partial charge on any atom is 0.239 e. The van der Waals surface area contributed by atoms with E-state index in [4.69, 9.17) is 4.99 Å². The molecule has 1 saturated heterocycles. The first-order valence-corrected chi connectivity index (χ1v) is 18.8. The highest BCUT2D eigenvalue weighted by Gasteiger charge is 2.39. The van der Waals surface area contributed by atoms with E-state index >= 15 is 0 Å². The molecule has 12 nitrogen and oxygen atoms in total. The molecule has 2 aromatic rings. The van der Waals surface area contributed by atoms with Crippen LogP contribution in [0.25, 0.3) is 17.3 Å². The van der Waals surface area contributed by atoms with Crippen molar-refractivity contribution in [2.45, 2.75) is 90.6 Å². The van der Waals surface area contributed by atoms with Crippen LogP contribution in [0.4, 0.5) is 10.3 Å². The lowest BCUT2D eigenvalue weighted by Crippen LogP contribution is -2.62. The Hall–Kier alpha value is -3.30. The fourth-order valence-corrected chi connectivity index (χ4v) is 6.67. The number of anilines is 1. The van der Waals surface area contributed by atoms with Gasteiger partial charge in [-0.2, -0.15) is 0 Å². The van der Waals surface area contributed by atoms with Crippen LogP contribution in [0.15, 0.2) is 35.3 Å². The highest BCUT2D eigenvalue weighted by Crippen LogP contribution is 2.32. The molecule has 4 rings (SSSR count). The second kappa shape index (κ2) is 16.2. The lowest BCUT2D eigenvalue weighted by atomic mass is 9.97. The molecule has 2 N–H and O–H groups in total. The molecule has 1 aromatic heterocycles. The Labute approximate surface area is 290 Å². The SMILES string of the molecule is CC(C)c1nc(N(C)S(C)(=O)=O)nc(-c2ccc(F)cc2)c1/C=C/[C@H](O)C[C@@H](O)CC(=O)N1CCN=C1C1CN(C(C)C)CCN1C(C)C. The molecule has 3 atom stereocenters. The summed E-state index contributed by atoms with van der Waals surface area (Å²) in [7, 11) is -2.32. The first-order valence-electron chi connectivity index (χ1n) is 17.0. The minimum atomic E-state index is -3.68. The van der Waals surface area contributed by atoms with Crippen LogP contribution in [0.3, 0.4) is 0 Å². The molecule has 0 bridgehead atoms. The molecule has 2 aliphatic rings. The van der Waals surface area contributed by atoms with E-state index in [0.717, 1.165) is 36.0 Å². The Morgan fingerprint density at radius 3 is 2.31 bits per heavy atom. The van der Waals surface area contributed by atoms with E-state index in [1.807, 2.05) is 13.8 Å². The molecule has 0 radical (unpaired) electrons. The zero-order valence-corrected chi connectivity index (χ0v) is 30.7. The number of amides is 1. The third-order valence-corrected chi connectivity index (χ3v) is 10.3. The number of nitrogens with zero attached hydrogens (tertiary/aromatic N) is 7. The van der Waals surface area contributed by atoms with E-state index in [1.165, 1.54) is 25.3 Å². The fraction of sp³-hybridized carbons (Fsp3) is 0.600. The summed E-state index contributed by atoms with van der Waals surface area (Å²) >= 11 is 0. The number of carbonyl (C=O) groups excluding carboxylic acids is 1. The summed E-state index contributed by atoms with van der Waals surface area (Å²) in [6.07, 6.45) is 1.69. The number of amidine groups is 1. The van der Waals surface area contributed by atoms with Gasteiger partial charge in [-0.1, -0.05) is 26.0 Å². The molecule has 0 aliphatic carbocycles. The molecular weight excluding hydrogens is 649 g/mol. The number of hydrogen-bond donors (Lipinski definition) is 2. The standard InChI is InChI=1S/C35H52FN7O5S/c1-22(2)32-29(33(25-9-11-26(36)12-10-25)39-35(38-32)40(7)49(8,47)48)14-13-27(44)19-28(45)20-31(46)43-16-15-37-34(43)30-21-41(23(3)4)17-18-42(30)24(5)6/h9-14,22-24,27-28,30,44-45H,15-21H2,1-8H3/b14-13+/t27-,28+,30?/m0/s1. The van der Waals surface area contributed by atoms with Crippen LogP contribution >= 0.6 is 0 Å². The van der Waals surface area contributed by atoms with Crippen LogP contribution in [0.5, 0.6) is 0 Å². The number of aromatic nitrogens is 2. The number of piperazine rings is 1. The number of hydrogen-bond acceptors (Lipinski definition) is 10. The molecule has 2 aliphatic heterocycles. The Bertz CT molecular complexity index is 1630. The lowest BCUT2D eigenvalue weighted by molar-refractivity contribution is -0.129. The molecule has 0 spiro atoms. The van der Waals surface area contributed by atoms with Gasteiger partial charge in [-0.3, -0.25) is 24.5 Å². The molecule has 49 heavy (non-hydrogen) atoms. The van der Waals surface area contributed by atoms with Gasteiger partial charge in [-0.25, -0.2) is 27.1 Å². The topological polar surface area (TPSA) is 143 Å². The quantitative estimate of drug-likeness (QED) is 0.322. The van der Waals surface area contributed by atoms with Crippen molar-refractivity contribution in [3.05, 3.63) is 47.4 Å². The number of benzene rings is 1. The number of carbonyl (C=O) groups is 1. The van der Waals surface area contributed by atoms with E-state index in [9.17, 15) is 27.8 Å². The summed E-state index contributed by atoms with van der Waals surface area (Å²) in [5, 5.41) is 21.9. The minimum absolute atomic E-state index is 0.0236. The van der Waals surface area contributed by atoms with Crippen LogP contribution in [-0.2, 0) is 14.8 Å². The van der Waals surface area contributed by atoms with Gasteiger partial charge in [-0.15, -0.1) is 0 Å². The predicted molar refractivity (Wildman–Crippen MR) is 191 cm³/mol. The van der Waals surface area contributed by atoms with Gasteiger partial charge in [-0.05, 0) is 57.9 Å². The Kier molecular flexibility index (Phi) is 12.7. The van der Waals surface area contributed by atoms with E-state index in [2.05, 4.69) is 47.5 Å². The van der Waals surface area contributed by atoms with E-state index in [1.54, 1.807) is 23.1 Å². The summed E-state index contributed by atoms with van der Waals surface area (Å²) in [5.74, 6) is -0.134. The average molecular weight is 702 g/mol. The van der Waals surface area contributed by atoms with Crippen molar-refractivity contribution in [1.82, 2.24) is 24.7 Å². The maximum absolute atomic E-state index is 13.8. The monoisotopic (exact) mass is 701 g/mol. The number of aliphatic hydroxyl groups is 2. The van der Waals surface area contributed by atoms with Crippen molar-refractivity contribution in [2.24, 2.45) is 4.99 Å². The van der Waals surface area contributed by atoms with Crippen molar-refractivity contribution in [3.8, 4) is 11.3 Å². The van der Waals surface area contributed by atoms with Gasteiger partial charge >= 0.3 is 0 Å². The highest BCUT2D eigenvalue weighted by molar-refractivity contribution is 7.92. The van der Waals surface area contributed by atoms with Crippen LogP contribution < -0.4 is 4.31 Å². The second-order valence-corrected chi connectivity index (χ2v) is 15.8. The number of rotatable bonds is 13. The molecule has 1 amide bonds. The van der Waals surface area contributed by atoms with E-state index < -0.39 is 28.0 Å². The largest absolute Gasteiger partial charge is 0.392 e. The average Bonchev–Trinajstić information content (AvgIpc) is 3.53. The minimum Gasteiger partial charge on any atom is -0.392 e. The van der Waals surface area contributed by atoms with Crippen LogP contribution in [-0.4, -0.2) is 131 Å². The third-order valence-electron chi connectivity index (χ3n) is 9.14. The summed E-state index contributed by atoms with van der Waals surface area (Å²) in [5.41, 5.74) is 1.93. The molecule has 14 heteroatoms. The zero-order valence-electron chi connectivity index (χ0n) is 29.9. The summed E-state index contributed by atoms with van der Waals surface area (Å²) in [6.45, 7) is 16.0. The van der Waals surface area contributed by atoms with Crippen molar-refractivity contribution in [2.75, 3.05) is 50.3 Å². The van der Waals surface area contributed by atoms with Crippen molar-refractivity contribution >= 4 is 33.8 Å². The summed E-state index contributed by atoms with van der Waals surface area (Å²) in [6, 6.07) is 6.29. The maximum atomic E-state index is 13.8. The van der Waals surface area contributed by atoms with E-state index in [-0.39, 0.29) is 42.7 Å². The van der Waals surface area contributed by atoms with Gasteiger partial charge in [0.25, 0.3) is 0 Å². The number of sulfonamides is 1. The normalized spacial score (nSPS) is 19.3. The van der Waals surface area contributed by atoms with Gasteiger partial charge in [0.05, 0.1) is 48.9 Å². The van der Waals surface area contributed by atoms with Gasteiger partial charge in [0.15, 0.2) is 0 Å². The van der Waals surface area contributed by atoms with Gasteiger partial charge in [0.1, 0.15) is 11.7 Å². The molecule has 1 unspecified atom stereocenters. The third kappa shape index (κ3) is 9.48. The van der Waals surface area contributed by atoms with Crippen molar-refractivity contribution in [3.63, 3.8) is 0 Å². The molecule has 3 heterocycles. The summed E-state index contributed by atoms with van der Waals surface area (Å²) in [4.78, 5) is 33.9. The number of halogens is 1.